The van der Waals surface area contributed by atoms with Gasteiger partial charge in [0, 0.05) is 18.8 Å². The van der Waals surface area contributed by atoms with Crippen molar-refractivity contribution in [3.8, 4) is 0 Å². The highest BCUT2D eigenvalue weighted by molar-refractivity contribution is 6.39. The number of anilines is 1. The van der Waals surface area contributed by atoms with Gasteiger partial charge >= 0.3 is 11.8 Å². The Kier molecular flexibility index (Phi) is 6.14. The number of benzene rings is 1. The van der Waals surface area contributed by atoms with Crippen molar-refractivity contribution in [2.45, 2.75) is 13.8 Å². The number of aliphatic hydroxyl groups excluding tert-OH is 2. The predicted octanol–water partition coefficient (Wildman–Crippen LogP) is 0.0551. The molecule has 0 radical (unpaired) electrons. The van der Waals surface area contributed by atoms with E-state index in [9.17, 15) is 9.59 Å². The molecule has 1 aromatic rings. The van der Waals surface area contributed by atoms with Crippen molar-refractivity contribution in [1.29, 1.82) is 0 Å². The molecule has 0 bridgehead atoms. The molecule has 0 saturated heterocycles. The van der Waals surface area contributed by atoms with Crippen LogP contribution in [-0.4, -0.2) is 53.2 Å². The Morgan fingerprint density at radius 2 is 1.75 bits per heavy atom. The molecule has 0 saturated carbocycles. The molecule has 6 heteroatoms. The molecule has 2 amide bonds. The summed E-state index contributed by atoms with van der Waals surface area (Å²) in [5.41, 5.74) is 2.41. The summed E-state index contributed by atoms with van der Waals surface area (Å²) in [5.74, 6) is -1.55. The maximum absolute atomic E-state index is 11.9. The first kappa shape index (κ1) is 16.1. The fourth-order valence-electron chi connectivity index (χ4n) is 1.75. The molecule has 0 aromatic heterocycles. The minimum Gasteiger partial charge on any atom is -0.395 e. The van der Waals surface area contributed by atoms with Gasteiger partial charge in [0.25, 0.3) is 0 Å². The first-order valence-corrected chi connectivity index (χ1v) is 6.38. The highest BCUT2D eigenvalue weighted by Crippen LogP contribution is 2.16. The van der Waals surface area contributed by atoms with Crippen LogP contribution < -0.4 is 5.32 Å². The molecular formula is C14H20N2O4. The third-order valence-electron chi connectivity index (χ3n) is 2.86. The van der Waals surface area contributed by atoms with Gasteiger partial charge in [0.1, 0.15) is 0 Å². The summed E-state index contributed by atoms with van der Waals surface area (Å²) in [7, 11) is 0. The Labute approximate surface area is 118 Å². The number of aliphatic hydroxyl groups is 2. The van der Waals surface area contributed by atoms with Gasteiger partial charge in [-0.1, -0.05) is 12.1 Å². The van der Waals surface area contributed by atoms with Crippen LogP contribution in [0.4, 0.5) is 5.69 Å². The minimum atomic E-state index is -0.777. The first-order valence-electron chi connectivity index (χ1n) is 6.38. The zero-order valence-electron chi connectivity index (χ0n) is 11.7. The molecule has 0 aliphatic heterocycles. The summed E-state index contributed by atoms with van der Waals surface area (Å²) in [5, 5.41) is 20.3. The van der Waals surface area contributed by atoms with Gasteiger partial charge in [-0.15, -0.1) is 0 Å². The number of hydrogen-bond donors (Lipinski definition) is 3. The Balaban J connectivity index is 2.78. The molecule has 6 nitrogen and oxygen atoms in total. The van der Waals surface area contributed by atoms with Crippen LogP contribution in [0.3, 0.4) is 0 Å². The summed E-state index contributed by atoms with van der Waals surface area (Å²) < 4.78 is 0. The summed E-state index contributed by atoms with van der Waals surface area (Å²) in [4.78, 5) is 24.9. The van der Waals surface area contributed by atoms with Crippen molar-refractivity contribution in [3.63, 3.8) is 0 Å². The number of carbonyl (C=O) groups is 2. The van der Waals surface area contributed by atoms with Crippen LogP contribution in [-0.2, 0) is 9.59 Å². The molecule has 3 N–H and O–H groups in total. The van der Waals surface area contributed by atoms with E-state index in [0.717, 1.165) is 16.0 Å². The lowest BCUT2D eigenvalue weighted by Crippen LogP contribution is -2.42. The normalized spacial score (nSPS) is 10.2. The standard InChI is InChI=1S/C14H20N2O4/c1-10-3-4-11(2)12(9-10)15-13(19)14(20)16(5-7-17)6-8-18/h3-4,9,17-18H,5-8H2,1-2H3,(H,15,19). The van der Waals surface area contributed by atoms with E-state index in [1.165, 1.54) is 0 Å². The van der Waals surface area contributed by atoms with E-state index < -0.39 is 11.8 Å². The number of rotatable bonds is 5. The van der Waals surface area contributed by atoms with Gasteiger partial charge in [-0.3, -0.25) is 9.59 Å². The van der Waals surface area contributed by atoms with Gasteiger partial charge in [-0.05, 0) is 31.0 Å². The maximum Gasteiger partial charge on any atom is 0.313 e. The van der Waals surface area contributed by atoms with Crippen LogP contribution in [0.25, 0.3) is 0 Å². The van der Waals surface area contributed by atoms with E-state index in [4.69, 9.17) is 10.2 Å². The fourth-order valence-corrected chi connectivity index (χ4v) is 1.75. The monoisotopic (exact) mass is 280 g/mol. The van der Waals surface area contributed by atoms with Crippen LogP contribution in [0.5, 0.6) is 0 Å². The molecule has 0 heterocycles. The second kappa shape index (κ2) is 7.62. The Morgan fingerprint density at radius 1 is 1.15 bits per heavy atom. The SMILES string of the molecule is Cc1ccc(C)c(NC(=O)C(=O)N(CCO)CCO)c1. The lowest BCUT2D eigenvalue weighted by molar-refractivity contribution is -0.143. The Bertz CT molecular complexity index is 482. The largest absolute Gasteiger partial charge is 0.395 e. The highest BCUT2D eigenvalue weighted by Gasteiger charge is 2.21. The quantitative estimate of drug-likeness (QED) is 0.665. The van der Waals surface area contributed by atoms with Crippen LogP contribution in [0, 0.1) is 13.8 Å². The molecule has 0 atom stereocenters. The van der Waals surface area contributed by atoms with Gasteiger partial charge in [-0.25, -0.2) is 0 Å². The van der Waals surface area contributed by atoms with E-state index in [2.05, 4.69) is 5.32 Å². The van der Waals surface area contributed by atoms with Crippen molar-refractivity contribution in [1.82, 2.24) is 4.90 Å². The van der Waals surface area contributed by atoms with E-state index >= 15 is 0 Å². The number of amides is 2. The second-order valence-corrected chi connectivity index (χ2v) is 4.51. The second-order valence-electron chi connectivity index (χ2n) is 4.51. The molecular weight excluding hydrogens is 260 g/mol. The molecule has 1 rings (SSSR count). The van der Waals surface area contributed by atoms with Crippen LogP contribution in [0.1, 0.15) is 11.1 Å². The predicted molar refractivity (Wildman–Crippen MR) is 75.3 cm³/mol. The average Bonchev–Trinajstić information content (AvgIpc) is 2.41. The van der Waals surface area contributed by atoms with E-state index in [-0.39, 0.29) is 26.3 Å². The molecule has 0 fully saturated rings. The van der Waals surface area contributed by atoms with Crippen LogP contribution in [0.2, 0.25) is 0 Å². The van der Waals surface area contributed by atoms with Gasteiger partial charge in [0.15, 0.2) is 0 Å². The molecule has 0 unspecified atom stereocenters. The van der Waals surface area contributed by atoms with E-state index in [1.54, 1.807) is 6.07 Å². The van der Waals surface area contributed by atoms with Crippen molar-refractivity contribution in [3.05, 3.63) is 29.3 Å². The van der Waals surface area contributed by atoms with Crippen molar-refractivity contribution < 1.29 is 19.8 Å². The summed E-state index contributed by atoms with van der Waals surface area (Å²) >= 11 is 0. The number of aryl methyl sites for hydroxylation is 2. The number of nitrogens with one attached hydrogen (secondary N) is 1. The lowest BCUT2D eigenvalue weighted by Gasteiger charge is -2.20. The average molecular weight is 280 g/mol. The van der Waals surface area contributed by atoms with Crippen LogP contribution in [0.15, 0.2) is 18.2 Å². The molecule has 20 heavy (non-hydrogen) atoms. The van der Waals surface area contributed by atoms with Crippen molar-refractivity contribution in [2.24, 2.45) is 0 Å². The number of nitrogens with zero attached hydrogens (tertiary/aromatic N) is 1. The van der Waals surface area contributed by atoms with Gasteiger partial charge in [0.05, 0.1) is 13.2 Å². The molecule has 0 aliphatic rings. The smallest absolute Gasteiger partial charge is 0.313 e. The third-order valence-corrected chi connectivity index (χ3v) is 2.86. The van der Waals surface area contributed by atoms with Crippen LogP contribution >= 0.6 is 0 Å². The summed E-state index contributed by atoms with van der Waals surface area (Å²) in [6.07, 6.45) is 0. The molecule has 110 valence electrons. The first-order chi connectivity index (χ1) is 9.49. The fraction of sp³-hybridized carbons (Fsp3) is 0.429. The highest BCUT2D eigenvalue weighted by atomic mass is 16.3. The summed E-state index contributed by atoms with van der Waals surface area (Å²) in [6, 6.07) is 5.55. The lowest BCUT2D eigenvalue weighted by atomic mass is 10.1. The molecule has 0 aliphatic carbocycles. The minimum absolute atomic E-state index is 0.0135. The van der Waals surface area contributed by atoms with Crippen molar-refractivity contribution in [2.75, 3.05) is 31.6 Å². The number of carbonyl (C=O) groups excluding carboxylic acids is 2. The van der Waals surface area contributed by atoms with Gasteiger partial charge in [-0.2, -0.15) is 0 Å². The maximum atomic E-state index is 11.9. The van der Waals surface area contributed by atoms with E-state index in [1.807, 2.05) is 26.0 Å². The topological polar surface area (TPSA) is 89.9 Å². The summed E-state index contributed by atoms with van der Waals surface area (Å²) in [6.45, 7) is 3.23. The van der Waals surface area contributed by atoms with Gasteiger partial charge in [0.2, 0.25) is 0 Å². The molecule has 1 aromatic carbocycles. The number of hydrogen-bond acceptors (Lipinski definition) is 4. The van der Waals surface area contributed by atoms with Gasteiger partial charge < -0.3 is 20.4 Å². The third kappa shape index (κ3) is 4.32. The Hall–Kier alpha value is -1.92. The van der Waals surface area contributed by atoms with E-state index in [0.29, 0.717) is 5.69 Å². The van der Waals surface area contributed by atoms with Crippen molar-refractivity contribution >= 4 is 17.5 Å². The zero-order valence-corrected chi connectivity index (χ0v) is 11.7. The molecule has 0 spiro atoms. The Morgan fingerprint density at radius 3 is 2.30 bits per heavy atom. The zero-order chi connectivity index (χ0) is 15.1.